The number of furan rings is 1. The summed E-state index contributed by atoms with van der Waals surface area (Å²) in [5.74, 6) is 0.0335. The first-order chi connectivity index (χ1) is 12.2. The van der Waals surface area contributed by atoms with Crippen molar-refractivity contribution in [3.05, 3.63) is 72.3 Å². The Morgan fingerprint density at radius 2 is 1.64 bits per heavy atom. The molecule has 2 aromatic heterocycles. The van der Waals surface area contributed by atoms with Crippen molar-refractivity contribution in [1.29, 1.82) is 0 Å². The number of amides is 2. The van der Waals surface area contributed by atoms with Gasteiger partial charge >= 0.3 is 0 Å². The maximum atomic E-state index is 12.2. The lowest BCUT2D eigenvalue weighted by atomic mass is 10.2. The molecule has 0 aliphatic rings. The molecule has 0 unspecified atom stereocenters. The summed E-state index contributed by atoms with van der Waals surface area (Å²) < 4.78 is 9.98. The summed E-state index contributed by atoms with van der Waals surface area (Å²) in [5, 5.41) is 5.45. The van der Waals surface area contributed by atoms with E-state index in [1.807, 2.05) is 0 Å². The molecule has 3 aromatic rings. The van der Waals surface area contributed by atoms with Crippen molar-refractivity contribution in [2.45, 2.75) is 0 Å². The Hall–Kier alpha value is -3.61. The van der Waals surface area contributed by atoms with Crippen molar-refractivity contribution >= 4 is 23.2 Å². The predicted molar refractivity (Wildman–Crippen MR) is 91.8 cm³/mol. The molecular weight excluding hydrogens is 322 g/mol. The summed E-state index contributed by atoms with van der Waals surface area (Å²) in [6.45, 7) is 0. The molecule has 2 heterocycles. The number of carbonyl (C=O) groups excluding carboxylic acids is 2. The first-order valence-corrected chi connectivity index (χ1v) is 7.42. The van der Waals surface area contributed by atoms with Gasteiger partial charge in [0, 0.05) is 23.6 Å². The number of aromatic nitrogens is 1. The van der Waals surface area contributed by atoms with Gasteiger partial charge in [-0.15, -0.1) is 0 Å². The van der Waals surface area contributed by atoms with Gasteiger partial charge in [-0.05, 0) is 42.5 Å². The van der Waals surface area contributed by atoms with E-state index in [4.69, 9.17) is 9.15 Å². The van der Waals surface area contributed by atoms with E-state index in [1.165, 1.54) is 19.6 Å². The van der Waals surface area contributed by atoms with E-state index in [1.54, 1.807) is 48.5 Å². The summed E-state index contributed by atoms with van der Waals surface area (Å²) >= 11 is 0. The van der Waals surface area contributed by atoms with Crippen molar-refractivity contribution in [2.24, 2.45) is 0 Å². The van der Waals surface area contributed by atoms with Crippen LogP contribution in [-0.2, 0) is 0 Å². The number of pyridine rings is 1. The summed E-state index contributed by atoms with van der Waals surface area (Å²) in [6.07, 6.45) is 2.87. The highest BCUT2D eigenvalue weighted by atomic mass is 16.5. The van der Waals surface area contributed by atoms with Crippen LogP contribution in [0.1, 0.15) is 20.9 Å². The number of carbonyl (C=O) groups is 2. The number of methoxy groups -OCH3 is 1. The fourth-order valence-corrected chi connectivity index (χ4v) is 2.08. The van der Waals surface area contributed by atoms with Crippen LogP contribution in [0.15, 0.2) is 65.4 Å². The third-order valence-corrected chi connectivity index (χ3v) is 3.35. The monoisotopic (exact) mass is 337 g/mol. The molecule has 0 radical (unpaired) electrons. The quantitative estimate of drug-likeness (QED) is 0.746. The normalized spacial score (nSPS) is 10.1. The van der Waals surface area contributed by atoms with Crippen molar-refractivity contribution in [3.8, 4) is 5.88 Å². The van der Waals surface area contributed by atoms with E-state index in [0.717, 1.165) is 0 Å². The number of nitrogens with one attached hydrogen (secondary N) is 2. The van der Waals surface area contributed by atoms with Crippen molar-refractivity contribution < 1.29 is 18.7 Å². The van der Waals surface area contributed by atoms with E-state index in [-0.39, 0.29) is 17.6 Å². The lowest BCUT2D eigenvalue weighted by molar-refractivity contribution is 0.0994. The molecule has 1 aromatic carbocycles. The molecule has 126 valence electrons. The standard InChI is InChI=1S/C18H15N3O4/c1-24-16-9-4-12(11-19-16)17(22)20-13-5-7-14(8-6-13)21-18(23)15-3-2-10-25-15/h2-11H,1H3,(H,20,22)(H,21,23). The Morgan fingerprint density at radius 1 is 0.960 bits per heavy atom. The first-order valence-electron chi connectivity index (χ1n) is 7.42. The van der Waals surface area contributed by atoms with Gasteiger partial charge in [-0.2, -0.15) is 0 Å². The number of rotatable bonds is 5. The van der Waals surface area contributed by atoms with Crippen LogP contribution in [0.25, 0.3) is 0 Å². The number of hydrogen-bond donors (Lipinski definition) is 2. The molecule has 2 amide bonds. The van der Waals surface area contributed by atoms with E-state index in [2.05, 4.69) is 15.6 Å². The summed E-state index contributed by atoms with van der Waals surface area (Å²) in [4.78, 5) is 28.0. The number of benzene rings is 1. The topological polar surface area (TPSA) is 93.5 Å². The van der Waals surface area contributed by atoms with E-state index in [9.17, 15) is 9.59 Å². The summed E-state index contributed by atoms with van der Waals surface area (Å²) in [5.41, 5.74) is 1.60. The van der Waals surface area contributed by atoms with E-state index >= 15 is 0 Å². The third kappa shape index (κ3) is 4.03. The number of ether oxygens (including phenoxy) is 1. The van der Waals surface area contributed by atoms with Gasteiger partial charge in [0.05, 0.1) is 18.9 Å². The van der Waals surface area contributed by atoms with Crippen molar-refractivity contribution in [1.82, 2.24) is 4.98 Å². The molecule has 0 bridgehead atoms. The SMILES string of the molecule is COc1ccc(C(=O)Nc2ccc(NC(=O)c3ccco3)cc2)cn1. The number of nitrogens with zero attached hydrogens (tertiary/aromatic N) is 1. The Kier molecular flexibility index (Phi) is 4.75. The number of anilines is 2. The molecule has 0 aliphatic carbocycles. The lowest BCUT2D eigenvalue weighted by Gasteiger charge is -2.07. The minimum Gasteiger partial charge on any atom is -0.481 e. The van der Waals surface area contributed by atoms with Crippen LogP contribution >= 0.6 is 0 Å². The summed E-state index contributed by atoms with van der Waals surface area (Å²) in [7, 11) is 1.51. The van der Waals surface area contributed by atoms with Crippen LogP contribution in [0.3, 0.4) is 0 Å². The average Bonchev–Trinajstić information content (AvgIpc) is 3.18. The lowest BCUT2D eigenvalue weighted by Crippen LogP contribution is -2.13. The van der Waals surface area contributed by atoms with Gasteiger partial charge < -0.3 is 19.8 Å². The fourth-order valence-electron chi connectivity index (χ4n) is 2.08. The zero-order valence-electron chi connectivity index (χ0n) is 13.4. The zero-order valence-corrected chi connectivity index (χ0v) is 13.4. The van der Waals surface area contributed by atoms with Gasteiger partial charge in [0.1, 0.15) is 0 Å². The second-order valence-corrected chi connectivity index (χ2v) is 5.05. The van der Waals surface area contributed by atoms with Crippen LogP contribution in [0.2, 0.25) is 0 Å². The van der Waals surface area contributed by atoms with Gasteiger partial charge in [0.2, 0.25) is 5.88 Å². The Morgan fingerprint density at radius 3 is 2.16 bits per heavy atom. The molecule has 0 saturated carbocycles. The number of hydrogen-bond acceptors (Lipinski definition) is 5. The molecule has 0 saturated heterocycles. The average molecular weight is 337 g/mol. The predicted octanol–water partition coefficient (Wildman–Crippen LogP) is 3.19. The molecule has 0 fully saturated rings. The first kappa shape index (κ1) is 16.3. The molecular formula is C18H15N3O4. The Bertz CT molecular complexity index is 856. The minimum absolute atomic E-state index is 0.226. The highest BCUT2D eigenvalue weighted by Gasteiger charge is 2.10. The maximum Gasteiger partial charge on any atom is 0.291 e. The molecule has 7 nitrogen and oxygen atoms in total. The second-order valence-electron chi connectivity index (χ2n) is 5.05. The molecule has 0 spiro atoms. The largest absolute Gasteiger partial charge is 0.481 e. The zero-order chi connectivity index (χ0) is 17.6. The highest BCUT2D eigenvalue weighted by molar-refractivity contribution is 6.04. The highest BCUT2D eigenvalue weighted by Crippen LogP contribution is 2.16. The van der Waals surface area contributed by atoms with Crippen LogP contribution in [0.4, 0.5) is 11.4 Å². The van der Waals surface area contributed by atoms with Crippen LogP contribution in [0.5, 0.6) is 5.88 Å². The van der Waals surface area contributed by atoms with Crippen LogP contribution < -0.4 is 15.4 Å². The minimum atomic E-state index is -0.342. The van der Waals surface area contributed by atoms with E-state index in [0.29, 0.717) is 22.8 Å². The molecule has 7 heteroatoms. The van der Waals surface area contributed by atoms with E-state index < -0.39 is 0 Å². The fraction of sp³-hybridized carbons (Fsp3) is 0.0556. The molecule has 0 aliphatic heterocycles. The molecule has 0 atom stereocenters. The van der Waals surface area contributed by atoms with Crippen LogP contribution in [0, 0.1) is 0 Å². The van der Waals surface area contributed by atoms with Crippen LogP contribution in [-0.4, -0.2) is 23.9 Å². The van der Waals surface area contributed by atoms with Gasteiger partial charge in [0.15, 0.2) is 5.76 Å². The molecule has 2 N–H and O–H groups in total. The molecule has 25 heavy (non-hydrogen) atoms. The van der Waals surface area contributed by atoms with Gasteiger partial charge in [-0.25, -0.2) is 4.98 Å². The Balaban J connectivity index is 1.61. The van der Waals surface area contributed by atoms with Crippen molar-refractivity contribution in [2.75, 3.05) is 17.7 Å². The second kappa shape index (κ2) is 7.31. The van der Waals surface area contributed by atoms with Crippen molar-refractivity contribution in [3.63, 3.8) is 0 Å². The van der Waals surface area contributed by atoms with Gasteiger partial charge in [-0.1, -0.05) is 0 Å². The van der Waals surface area contributed by atoms with Gasteiger partial charge in [0.25, 0.3) is 11.8 Å². The molecule has 3 rings (SSSR count). The smallest absolute Gasteiger partial charge is 0.291 e. The summed E-state index contributed by atoms with van der Waals surface area (Å²) in [6, 6.07) is 13.2. The Labute approximate surface area is 143 Å². The maximum absolute atomic E-state index is 12.2. The third-order valence-electron chi connectivity index (χ3n) is 3.35. The van der Waals surface area contributed by atoms with Gasteiger partial charge in [-0.3, -0.25) is 9.59 Å².